The Morgan fingerprint density at radius 2 is 2.06 bits per heavy atom. The fourth-order valence-corrected chi connectivity index (χ4v) is 2.47. The average Bonchev–Trinajstić information content (AvgIpc) is 2.30. The molecule has 1 N–H and O–H groups in total. The van der Waals surface area contributed by atoms with Crippen LogP contribution in [-0.2, 0) is 13.0 Å². The van der Waals surface area contributed by atoms with Gasteiger partial charge in [0.1, 0.15) is 0 Å². The Morgan fingerprint density at radius 1 is 1.31 bits per heavy atom. The molecule has 16 heavy (non-hydrogen) atoms. The van der Waals surface area contributed by atoms with Gasteiger partial charge >= 0.3 is 0 Å². The van der Waals surface area contributed by atoms with E-state index in [2.05, 4.69) is 36.1 Å². The van der Waals surface area contributed by atoms with Crippen molar-refractivity contribution in [2.45, 2.75) is 38.8 Å². The minimum atomic E-state index is -0.123. The standard InChI is InChI=1S/C14H21NO/c1-2-12-6-3-4-7-13(12)10-15-9-5-8-14(16)11-15/h3-4,6-7,14,16H,2,5,8-11H2,1H3. The Kier molecular flexibility index (Phi) is 3.97. The van der Waals surface area contributed by atoms with Crippen LogP contribution in [0.3, 0.4) is 0 Å². The van der Waals surface area contributed by atoms with E-state index in [1.807, 2.05) is 0 Å². The van der Waals surface area contributed by atoms with Crippen molar-refractivity contribution in [3.63, 3.8) is 0 Å². The van der Waals surface area contributed by atoms with Crippen molar-refractivity contribution in [1.82, 2.24) is 4.90 Å². The molecule has 1 saturated heterocycles. The van der Waals surface area contributed by atoms with Crippen LogP contribution in [0.15, 0.2) is 24.3 Å². The van der Waals surface area contributed by atoms with Gasteiger partial charge in [0, 0.05) is 13.1 Å². The third-order valence-corrected chi connectivity index (χ3v) is 3.37. The molecule has 0 bridgehead atoms. The molecule has 1 fully saturated rings. The van der Waals surface area contributed by atoms with Gasteiger partial charge in [-0.3, -0.25) is 4.90 Å². The van der Waals surface area contributed by atoms with Crippen LogP contribution in [0.1, 0.15) is 30.9 Å². The molecule has 1 heterocycles. The molecule has 0 saturated carbocycles. The molecule has 88 valence electrons. The van der Waals surface area contributed by atoms with E-state index in [9.17, 15) is 5.11 Å². The second kappa shape index (κ2) is 5.46. The van der Waals surface area contributed by atoms with Gasteiger partial charge in [-0.2, -0.15) is 0 Å². The first-order valence-corrected chi connectivity index (χ1v) is 6.26. The lowest BCUT2D eigenvalue weighted by Gasteiger charge is -2.30. The molecule has 0 radical (unpaired) electrons. The summed E-state index contributed by atoms with van der Waals surface area (Å²) < 4.78 is 0. The van der Waals surface area contributed by atoms with Gasteiger partial charge in [0.2, 0.25) is 0 Å². The van der Waals surface area contributed by atoms with Crippen molar-refractivity contribution in [3.8, 4) is 0 Å². The van der Waals surface area contributed by atoms with Gasteiger partial charge in [0.15, 0.2) is 0 Å². The van der Waals surface area contributed by atoms with E-state index in [1.165, 1.54) is 11.1 Å². The van der Waals surface area contributed by atoms with Gasteiger partial charge in [-0.15, -0.1) is 0 Å². The number of aryl methyl sites for hydroxylation is 1. The van der Waals surface area contributed by atoms with E-state index in [0.717, 1.165) is 38.9 Å². The van der Waals surface area contributed by atoms with Crippen molar-refractivity contribution >= 4 is 0 Å². The zero-order chi connectivity index (χ0) is 11.4. The van der Waals surface area contributed by atoms with Crippen LogP contribution in [0.25, 0.3) is 0 Å². The fraction of sp³-hybridized carbons (Fsp3) is 0.571. The Balaban J connectivity index is 2.02. The molecule has 1 aromatic carbocycles. The Morgan fingerprint density at radius 3 is 2.75 bits per heavy atom. The molecule has 1 aromatic rings. The topological polar surface area (TPSA) is 23.5 Å². The zero-order valence-electron chi connectivity index (χ0n) is 10.0. The molecule has 2 heteroatoms. The largest absolute Gasteiger partial charge is 0.392 e. The molecule has 1 atom stereocenters. The van der Waals surface area contributed by atoms with Crippen LogP contribution in [0.4, 0.5) is 0 Å². The summed E-state index contributed by atoms with van der Waals surface area (Å²) in [5, 5.41) is 9.64. The summed E-state index contributed by atoms with van der Waals surface area (Å²) in [5.74, 6) is 0. The number of rotatable bonds is 3. The first kappa shape index (κ1) is 11.6. The van der Waals surface area contributed by atoms with E-state index in [0.29, 0.717) is 0 Å². The predicted molar refractivity (Wildman–Crippen MR) is 66.3 cm³/mol. The highest BCUT2D eigenvalue weighted by Crippen LogP contribution is 2.16. The lowest BCUT2D eigenvalue weighted by Crippen LogP contribution is -2.37. The maximum absolute atomic E-state index is 9.64. The molecule has 0 spiro atoms. The van der Waals surface area contributed by atoms with Crippen LogP contribution >= 0.6 is 0 Å². The summed E-state index contributed by atoms with van der Waals surface area (Å²) in [6, 6.07) is 8.62. The highest BCUT2D eigenvalue weighted by molar-refractivity contribution is 5.26. The maximum Gasteiger partial charge on any atom is 0.0667 e. The zero-order valence-corrected chi connectivity index (χ0v) is 10.0. The van der Waals surface area contributed by atoms with Crippen LogP contribution in [0.2, 0.25) is 0 Å². The summed E-state index contributed by atoms with van der Waals surface area (Å²) in [5.41, 5.74) is 2.85. The molecule has 2 nitrogen and oxygen atoms in total. The number of likely N-dealkylation sites (tertiary alicyclic amines) is 1. The number of hydrogen-bond donors (Lipinski definition) is 1. The number of β-amino-alcohol motifs (C(OH)–C–C–N with tert-alkyl or cyclic N) is 1. The second-order valence-corrected chi connectivity index (χ2v) is 4.65. The highest BCUT2D eigenvalue weighted by atomic mass is 16.3. The number of aliphatic hydroxyl groups is 1. The molecule has 0 aliphatic carbocycles. The molecular weight excluding hydrogens is 198 g/mol. The normalized spacial score (nSPS) is 22.2. The molecule has 0 amide bonds. The summed E-state index contributed by atoms with van der Waals surface area (Å²) in [6.07, 6.45) is 3.05. The summed E-state index contributed by atoms with van der Waals surface area (Å²) in [6.45, 7) is 5.14. The lowest BCUT2D eigenvalue weighted by atomic mass is 10.0. The predicted octanol–water partition coefficient (Wildman–Crippen LogP) is 2.21. The Labute approximate surface area is 97.9 Å². The first-order valence-electron chi connectivity index (χ1n) is 6.26. The van der Waals surface area contributed by atoms with E-state index >= 15 is 0 Å². The van der Waals surface area contributed by atoms with Crippen molar-refractivity contribution in [2.75, 3.05) is 13.1 Å². The second-order valence-electron chi connectivity index (χ2n) is 4.65. The van der Waals surface area contributed by atoms with Gasteiger partial charge in [0.25, 0.3) is 0 Å². The summed E-state index contributed by atoms with van der Waals surface area (Å²) in [7, 11) is 0. The van der Waals surface area contributed by atoms with Crippen LogP contribution in [0, 0.1) is 0 Å². The van der Waals surface area contributed by atoms with Crippen LogP contribution in [0.5, 0.6) is 0 Å². The van der Waals surface area contributed by atoms with Crippen LogP contribution < -0.4 is 0 Å². The smallest absolute Gasteiger partial charge is 0.0667 e. The quantitative estimate of drug-likeness (QED) is 0.842. The van der Waals surface area contributed by atoms with Gasteiger partial charge < -0.3 is 5.11 Å². The molecule has 0 aromatic heterocycles. The lowest BCUT2D eigenvalue weighted by molar-refractivity contribution is 0.0667. The number of aliphatic hydroxyl groups excluding tert-OH is 1. The fourth-order valence-electron chi connectivity index (χ4n) is 2.47. The van der Waals surface area contributed by atoms with Crippen molar-refractivity contribution < 1.29 is 5.11 Å². The third-order valence-electron chi connectivity index (χ3n) is 3.37. The molecular formula is C14H21NO. The first-order chi connectivity index (χ1) is 7.79. The average molecular weight is 219 g/mol. The Bertz CT molecular complexity index is 337. The van der Waals surface area contributed by atoms with Crippen molar-refractivity contribution in [2.24, 2.45) is 0 Å². The van der Waals surface area contributed by atoms with Gasteiger partial charge in [-0.1, -0.05) is 31.2 Å². The number of piperidine rings is 1. The number of hydrogen-bond acceptors (Lipinski definition) is 2. The van der Waals surface area contributed by atoms with E-state index < -0.39 is 0 Å². The third kappa shape index (κ3) is 2.83. The number of benzene rings is 1. The maximum atomic E-state index is 9.64. The summed E-state index contributed by atoms with van der Waals surface area (Å²) in [4.78, 5) is 2.36. The van der Waals surface area contributed by atoms with Crippen molar-refractivity contribution in [3.05, 3.63) is 35.4 Å². The van der Waals surface area contributed by atoms with Gasteiger partial charge in [-0.25, -0.2) is 0 Å². The minimum Gasteiger partial charge on any atom is -0.392 e. The minimum absolute atomic E-state index is 0.123. The Hall–Kier alpha value is -0.860. The van der Waals surface area contributed by atoms with Crippen molar-refractivity contribution in [1.29, 1.82) is 0 Å². The van der Waals surface area contributed by atoms with E-state index in [1.54, 1.807) is 0 Å². The summed E-state index contributed by atoms with van der Waals surface area (Å²) >= 11 is 0. The molecule has 2 rings (SSSR count). The molecule has 1 unspecified atom stereocenters. The SMILES string of the molecule is CCc1ccccc1CN1CCCC(O)C1. The molecule has 1 aliphatic rings. The monoisotopic (exact) mass is 219 g/mol. The van der Waals surface area contributed by atoms with E-state index in [-0.39, 0.29) is 6.10 Å². The number of nitrogens with zero attached hydrogens (tertiary/aromatic N) is 1. The molecule has 1 aliphatic heterocycles. The van der Waals surface area contributed by atoms with Gasteiger partial charge in [0.05, 0.1) is 6.10 Å². The van der Waals surface area contributed by atoms with Gasteiger partial charge in [-0.05, 0) is 36.9 Å². The highest BCUT2D eigenvalue weighted by Gasteiger charge is 2.17. The van der Waals surface area contributed by atoms with Crippen LogP contribution in [-0.4, -0.2) is 29.2 Å². The van der Waals surface area contributed by atoms with E-state index in [4.69, 9.17) is 0 Å².